The molecule has 0 fully saturated rings. The van der Waals surface area contributed by atoms with Crippen molar-refractivity contribution in [2.75, 3.05) is 10.9 Å². The molecule has 0 heterocycles. The van der Waals surface area contributed by atoms with Crippen LogP contribution >= 0.6 is 0 Å². The Hall–Kier alpha value is -4.19. The van der Waals surface area contributed by atoms with Crippen molar-refractivity contribution in [3.05, 3.63) is 156 Å². The van der Waals surface area contributed by atoms with Crippen molar-refractivity contribution in [1.82, 2.24) is 0 Å². The molecule has 2 N–H and O–H groups in total. The summed E-state index contributed by atoms with van der Waals surface area (Å²) in [6, 6.07) is 28.2. The standard InChI is InChI=1S/C70H94F2GeO4.2CH3.Zr/c1-41(2)73(42(3)4,39-76-57-27-25-55(69(19,20)21)61(71)59(57)53-31-43(5)29-51(63(53)74)45-33-47(65(7,8)9)37-48(34-45)66(10,11)12)40-77-58-28-26-56(70(22,23)24)62(72)60(58)54-32-44(6)30-52(64(54)75)46-35-49(67(13,14)15)38-50(36-46)68(16,17)18;;;/h25-38,41-42,74-75H,39-40H2,1-24H3;2*1H3;/q;2*-1;+2. The first kappa shape index (κ1) is 70.1. The molecule has 80 heavy (non-hydrogen) atoms. The molecule has 6 aromatic rings. The summed E-state index contributed by atoms with van der Waals surface area (Å²) in [5.74, 6) is -0.178. The van der Waals surface area contributed by atoms with Crippen LogP contribution in [-0.2, 0) is 58.7 Å². The summed E-state index contributed by atoms with van der Waals surface area (Å²) in [6.45, 7) is 51.2. The third kappa shape index (κ3) is 14.9. The third-order valence-corrected chi connectivity index (χ3v) is 28.6. The van der Waals surface area contributed by atoms with E-state index in [0.29, 0.717) is 55.8 Å². The van der Waals surface area contributed by atoms with Crippen LogP contribution < -0.4 is 9.47 Å². The Morgan fingerprint density at radius 2 is 0.675 bits per heavy atom. The van der Waals surface area contributed by atoms with Crippen molar-refractivity contribution in [2.45, 2.75) is 208 Å². The van der Waals surface area contributed by atoms with E-state index in [-0.39, 0.29) is 94.8 Å². The summed E-state index contributed by atoms with van der Waals surface area (Å²) in [6.07, 6.45) is 0. The molecule has 4 nitrogen and oxygen atoms in total. The minimum atomic E-state index is -3.51. The molecule has 0 aliphatic heterocycles. The number of hydrogen-bond acceptors (Lipinski definition) is 4. The topological polar surface area (TPSA) is 58.9 Å². The first-order chi connectivity index (χ1) is 35.1. The van der Waals surface area contributed by atoms with E-state index in [0.717, 1.165) is 44.5 Å². The van der Waals surface area contributed by atoms with Gasteiger partial charge in [0.05, 0.1) is 0 Å². The molecule has 0 saturated carbocycles. The predicted octanol–water partition coefficient (Wildman–Crippen LogP) is 21.1. The SMILES string of the molecule is Cc1cc(-c2cc(C(C)(C)C)cc(C(C)(C)C)c2)c(O)c(-c2c(O[CH2][Ge]([CH2]Oc3ccc(C(C)(C)C)c(F)c3-c3cc(C)cc(-c4cc(C(C)(C)C)cc(C(C)(C)C)c4)c3O)([CH](C)C)[CH](C)C)ccc(C(C)(C)C)c2F)c1.[CH3-].[CH3-].[Zr+2]. The normalized spacial score (nSPS) is 12.8. The Morgan fingerprint density at radius 3 is 0.912 bits per heavy atom. The van der Waals surface area contributed by atoms with Gasteiger partial charge in [-0.25, -0.2) is 0 Å². The van der Waals surface area contributed by atoms with Crippen molar-refractivity contribution in [1.29, 1.82) is 0 Å². The van der Waals surface area contributed by atoms with Gasteiger partial charge >= 0.3 is 496 Å². The zero-order chi connectivity index (χ0) is 58.1. The number of benzene rings is 6. The second kappa shape index (κ2) is 24.9. The second-order valence-corrected chi connectivity index (χ2v) is 40.5. The molecule has 0 saturated heterocycles. The molecule has 0 radical (unpaired) electrons. The van der Waals surface area contributed by atoms with Crippen molar-refractivity contribution >= 4 is 13.3 Å². The fraction of sp³-hybridized carbons (Fsp3) is 0.472. The summed E-state index contributed by atoms with van der Waals surface area (Å²) in [4.78, 5) is 0. The van der Waals surface area contributed by atoms with Crippen molar-refractivity contribution in [3.63, 3.8) is 0 Å². The zero-order valence-electron chi connectivity index (χ0n) is 54.1. The van der Waals surface area contributed by atoms with Gasteiger partial charge in [-0.05, 0) is 0 Å². The van der Waals surface area contributed by atoms with Crippen molar-refractivity contribution in [2.24, 2.45) is 0 Å². The van der Waals surface area contributed by atoms with Crippen LogP contribution in [0.2, 0.25) is 9.50 Å². The van der Waals surface area contributed by atoms with Gasteiger partial charge < -0.3 is 14.9 Å². The summed E-state index contributed by atoms with van der Waals surface area (Å²) >= 11 is -3.51. The number of ether oxygens (including phenoxy) is 2. The molecular weight excluding hydrogens is 1130 g/mol. The van der Waals surface area contributed by atoms with Crippen molar-refractivity contribution in [3.8, 4) is 67.5 Å². The molecule has 0 aliphatic rings. The van der Waals surface area contributed by atoms with Gasteiger partial charge in [0.2, 0.25) is 0 Å². The molecule has 0 atom stereocenters. The Bertz CT molecular complexity index is 2880. The quantitative estimate of drug-likeness (QED) is 0.0947. The maximum atomic E-state index is 17.8. The zero-order valence-corrected chi connectivity index (χ0v) is 58.7. The Kier molecular flexibility index (Phi) is 21.9. The van der Waals surface area contributed by atoms with E-state index < -0.39 is 35.7 Å². The number of halogens is 2. The Morgan fingerprint density at radius 1 is 0.412 bits per heavy atom. The predicted molar refractivity (Wildman–Crippen MR) is 339 cm³/mol. The average molecular weight is 1230 g/mol. The van der Waals surface area contributed by atoms with E-state index in [1.54, 1.807) is 0 Å². The van der Waals surface area contributed by atoms with Crippen LogP contribution in [0, 0.1) is 40.3 Å². The number of rotatable bonds is 12. The Balaban J connectivity index is 0.00000560. The van der Waals surface area contributed by atoms with Crippen LogP contribution in [0.4, 0.5) is 8.78 Å². The number of aryl methyl sites for hydroxylation is 2. The van der Waals surface area contributed by atoms with Crippen LogP contribution in [0.5, 0.6) is 23.0 Å². The van der Waals surface area contributed by atoms with Gasteiger partial charge in [0.25, 0.3) is 0 Å². The molecule has 0 bridgehead atoms. The molecule has 0 unspecified atom stereocenters. The average Bonchev–Trinajstić information content (AvgIpc) is 3.28. The summed E-state index contributed by atoms with van der Waals surface area (Å²) in [7, 11) is 0. The van der Waals surface area contributed by atoms with E-state index in [1.165, 1.54) is 0 Å². The van der Waals surface area contributed by atoms with E-state index in [1.807, 2.05) is 104 Å². The maximum Gasteiger partial charge on any atom is 2.00 e. The van der Waals surface area contributed by atoms with Crippen LogP contribution in [-0.4, -0.2) is 34.4 Å². The minimum Gasteiger partial charge on any atom is -0.358 e. The molecular formula is C72H100F2GeO4Zr. The smallest absolute Gasteiger partial charge is 0.358 e. The summed E-state index contributed by atoms with van der Waals surface area (Å²) < 4.78 is 50.0. The van der Waals surface area contributed by atoms with Crippen LogP contribution in [0.1, 0.15) is 197 Å². The van der Waals surface area contributed by atoms with Crippen LogP contribution in [0.15, 0.2) is 84.9 Å². The molecule has 434 valence electrons. The van der Waals surface area contributed by atoms with Gasteiger partial charge in [0, 0.05) is 0 Å². The first-order valence-corrected chi connectivity index (χ1v) is 33.4. The summed E-state index contributed by atoms with van der Waals surface area (Å²) in [5, 5.41) is 25.2. The molecule has 8 heteroatoms. The fourth-order valence-electron chi connectivity index (χ4n) is 10.5. The first-order valence-electron chi connectivity index (χ1n) is 28.0. The van der Waals surface area contributed by atoms with Gasteiger partial charge in [-0.2, -0.15) is 0 Å². The molecule has 0 amide bonds. The van der Waals surface area contributed by atoms with E-state index in [9.17, 15) is 10.2 Å². The number of phenolic OH excluding ortho intramolecular Hbond substituents is 2. The maximum absolute atomic E-state index is 17.8. The van der Waals surface area contributed by atoms with Gasteiger partial charge in [0.1, 0.15) is 0 Å². The van der Waals surface area contributed by atoms with E-state index >= 15 is 8.78 Å². The van der Waals surface area contributed by atoms with Crippen LogP contribution in [0.25, 0.3) is 44.5 Å². The molecule has 0 spiro atoms. The van der Waals surface area contributed by atoms with Gasteiger partial charge in [-0.1, -0.05) is 0 Å². The van der Waals surface area contributed by atoms with Gasteiger partial charge in [-0.15, -0.1) is 0 Å². The number of aromatic hydroxyl groups is 2. The number of phenols is 2. The van der Waals surface area contributed by atoms with Gasteiger partial charge in [-0.3, -0.25) is 0 Å². The molecule has 0 aromatic heterocycles. The number of hydrogen-bond donors (Lipinski definition) is 2. The van der Waals surface area contributed by atoms with Crippen LogP contribution in [0.3, 0.4) is 0 Å². The molecule has 6 rings (SSSR count). The molecule has 6 aromatic carbocycles. The van der Waals surface area contributed by atoms with Gasteiger partial charge in [0.15, 0.2) is 0 Å². The largest absolute Gasteiger partial charge is 2.00 e. The fourth-order valence-corrected chi connectivity index (χ4v) is 18.0. The van der Waals surface area contributed by atoms with E-state index in [4.69, 9.17) is 9.47 Å². The monoisotopic (exact) mass is 1230 g/mol. The minimum absolute atomic E-state index is 0. The second-order valence-electron chi connectivity index (χ2n) is 29.2. The summed E-state index contributed by atoms with van der Waals surface area (Å²) in [5.41, 5.74) is 10.5. The van der Waals surface area contributed by atoms with Crippen molar-refractivity contribution < 1.29 is 54.7 Å². The molecule has 0 aliphatic carbocycles. The third-order valence-electron chi connectivity index (χ3n) is 16.1. The Labute approximate surface area is 506 Å². The van der Waals surface area contributed by atoms with E-state index in [2.05, 4.69) is 147 Å².